The van der Waals surface area contributed by atoms with Gasteiger partial charge in [-0.1, -0.05) is 30.7 Å². The van der Waals surface area contributed by atoms with Crippen molar-refractivity contribution in [2.24, 2.45) is 5.92 Å². The molecule has 2 nitrogen and oxygen atoms in total. The summed E-state index contributed by atoms with van der Waals surface area (Å²) in [6.07, 6.45) is 5.38. The molecule has 0 saturated carbocycles. The Hall–Kier alpha value is -0.860. The Kier molecular flexibility index (Phi) is 4.97. The van der Waals surface area contributed by atoms with Crippen molar-refractivity contribution in [2.75, 3.05) is 26.2 Å². The van der Waals surface area contributed by atoms with Gasteiger partial charge in [-0.3, -0.25) is 4.90 Å². The molecule has 0 aromatic heterocycles. The van der Waals surface area contributed by atoms with Crippen LogP contribution >= 0.6 is 0 Å². The highest BCUT2D eigenvalue weighted by Crippen LogP contribution is 2.30. The molecule has 1 N–H and O–H groups in total. The second-order valence-electron chi connectivity index (χ2n) is 7.21. The molecule has 0 bridgehead atoms. The lowest BCUT2D eigenvalue weighted by Crippen LogP contribution is -2.34. The Labute approximate surface area is 129 Å². The number of nitrogens with one attached hydrogen (secondary N) is 1. The smallest absolute Gasteiger partial charge is 0.0236 e. The third kappa shape index (κ3) is 3.87. The first-order valence-electron chi connectivity index (χ1n) is 8.75. The lowest BCUT2D eigenvalue weighted by Gasteiger charge is -2.33. The molecule has 2 fully saturated rings. The topological polar surface area (TPSA) is 15.3 Å². The first-order valence-corrected chi connectivity index (χ1v) is 8.75. The predicted molar refractivity (Wildman–Crippen MR) is 89.7 cm³/mol. The van der Waals surface area contributed by atoms with Crippen LogP contribution in [0.4, 0.5) is 0 Å². The van der Waals surface area contributed by atoms with Gasteiger partial charge >= 0.3 is 0 Å². The molecule has 3 rings (SSSR count). The van der Waals surface area contributed by atoms with Gasteiger partial charge in [0, 0.05) is 13.1 Å². The minimum Gasteiger partial charge on any atom is -0.317 e. The van der Waals surface area contributed by atoms with E-state index in [4.69, 9.17) is 0 Å². The van der Waals surface area contributed by atoms with Crippen molar-refractivity contribution in [3.05, 3.63) is 34.9 Å². The third-order valence-electron chi connectivity index (χ3n) is 5.22. The summed E-state index contributed by atoms with van der Waals surface area (Å²) in [5.41, 5.74) is 4.63. The highest BCUT2D eigenvalue weighted by atomic mass is 15.1. The fourth-order valence-corrected chi connectivity index (χ4v) is 4.04. The summed E-state index contributed by atoms with van der Waals surface area (Å²) in [4.78, 5) is 2.67. The monoisotopic (exact) mass is 286 g/mol. The Morgan fingerprint density at radius 2 is 2.00 bits per heavy atom. The Morgan fingerprint density at radius 3 is 2.76 bits per heavy atom. The third-order valence-corrected chi connectivity index (χ3v) is 5.22. The SMILES string of the molecule is Cc1ccc(CN2CCCC(C)C2)c(C2CCNCC2)c1. The van der Waals surface area contributed by atoms with Gasteiger partial charge in [0.25, 0.3) is 0 Å². The lowest BCUT2D eigenvalue weighted by atomic mass is 9.86. The summed E-state index contributed by atoms with van der Waals surface area (Å²) in [6, 6.07) is 7.15. The Balaban J connectivity index is 1.77. The molecule has 0 radical (unpaired) electrons. The van der Waals surface area contributed by atoms with Crippen molar-refractivity contribution in [3.63, 3.8) is 0 Å². The van der Waals surface area contributed by atoms with Crippen molar-refractivity contribution in [3.8, 4) is 0 Å². The zero-order chi connectivity index (χ0) is 14.7. The average molecular weight is 286 g/mol. The number of hydrogen-bond donors (Lipinski definition) is 1. The Morgan fingerprint density at radius 1 is 1.19 bits per heavy atom. The maximum Gasteiger partial charge on any atom is 0.0236 e. The summed E-state index contributed by atoms with van der Waals surface area (Å²) in [6.45, 7) is 10.7. The van der Waals surface area contributed by atoms with E-state index in [0.29, 0.717) is 0 Å². The highest BCUT2D eigenvalue weighted by Gasteiger charge is 2.21. The number of hydrogen-bond acceptors (Lipinski definition) is 2. The quantitative estimate of drug-likeness (QED) is 0.911. The van der Waals surface area contributed by atoms with Crippen molar-refractivity contribution in [1.29, 1.82) is 0 Å². The average Bonchev–Trinajstić information content (AvgIpc) is 2.50. The van der Waals surface area contributed by atoms with E-state index in [0.717, 1.165) is 18.4 Å². The molecule has 0 aliphatic carbocycles. The van der Waals surface area contributed by atoms with Crippen LogP contribution in [-0.4, -0.2) is 31.1 Å². The fourth-order valence-electron chi connectivity index (χ4n) is 4.04. The van der Waals surface area contributed by atoms with Gasteiger partial charge in [-0.15, -0.1) is 0 Å². The molecule has 2 aliphatic heterocycles. The van der Waals surface area contributed by atoms with Crippen molar-refractivity contribution < 1.29 is 0 Å². The van der Waals surface area contributed by atoms with E-state index in [1.807, 2.05) is 0 Å². The summed E-state index contributed by atoms with van der Waals surface area (Å²) < 4.78 is 0. The van der Waals surface area contributed by atoms with E-state index in [1.54, 1.807) is 11.1 Å². The molecule has 2 heteroatoms. The van der Waals surface area contributed by atoms with Gasteiger partial charge in [0.2, 0.25) is 0 Å². The van der Waals surface area contributed by atoms with Crippen LogP contribution in [0.15, 0.2) is 18.2 Å². The molecule has 2 heterocycles. The van der Waals surface area contributed by atoms with Gasteiger partial charge in [-0.25, -0.2) is 0 Å². The molecule has 1 unspecified atom stereocenters. The zero-order valence-corrected chi connectivity index (χ0v) is 13.7. The van der Waals surface area contributed by atoms with E-state index in [1.165, 1.54) is 57.4 Å². The second-order valence-corrected chi connectivity index (χ2v) is 7.21. The van der Waals surface area contributed by atoms with Crippen LogP contribution in [0.1, 0.15) is 55.2 Å². The van der Waals surface area contributed by atoms with E-state index < -0.39 is 0 Å². The lowest BCUT2D eigenvalue weighted by molar-refractivity contribution is 0.176. The van der Waals surface area contributed by atoms with Crippen molar-refractivity contribution in [2.45, 2.75) is 52.0 Å². The molecule has 0 spiro atoms. The van der Waals surface area contributed by atoms with Gasteiger partial charge in [0.05, 0.1) is 0 Å². The van der Waals surface area contributed by atoms with Gasteiger partial charge in [-0.05, 0) is 75.2 Å². The van der Waals surface area contributed by atoms with Crippen LogP contribution in [0.25, 0.3) is 0 Å². The number of rotatable bonds is 3. The van der Waals surface area contributed by atoms with Crippen LogP contribution in [0.5, 0.6) is 0 Å². The molecule has 2 saturated heterocycles. The van der Waals surface area contributed by atoms with E-state index in [2.05, 4.69) is 42.3 Å². The maximum absolute atomic E-state index is 3.50. The maximum atomic E-state index is 3.50. The van der Waals surface area contributed by atoms with Crippen LogP contribution < -0.4 is 5.32 Å². The molecule has 0 amide bonds. The Bertz CT molecular complexity index is 463. The van der Waals surface area contributed by atoms with Crippen LogP contribution in [0.2, 0.25) is 0 Å². The first kappa shape index (κ1) is 15.1. The molecule has 21 heavy (non-hydrogen) atoms. The van der Waals surface area contributed by atoms with Crippen molar-refractivity contribution >= 4 is 0 Å². The minimum atomic E-state index is 0.767. The van der Waals surface area contributed by atoms with Gasteiger partial charge < -0.3 is 5.32 Å². The van der Waals surface area contributed by atoms with E-state index in [-0.39, 0.29) is 0 Å². The van der Waals surface area contributed by atoms with Gasteiger partial charge in [0.1, 0.15) is 0 Å². The van der Waals surface area contributed by atoms with Crippen molar-refractivity contribution in [1.82, 2.24) is 10.2 Å². The normalized spacial score (nSPS) is 25.1. The number of nitrogens with zero attached hydrogens (tertiary/aromatic N) is 1. The van der Waals surface area contributed by atoms with E-state index in [9.17, 15) is 0 Å². The fraction of sp³-hybridized carbons (Fsp3) is 0.684. The molecule has 116 valence electrons. The van der Waals surface area contributed by atoms with Gasteiger partial charge in [-0.2, -0.15) is 0 Å². The second kappa shape index (κ2) is 6.93. The summed E-state index contributed by atoms with van der Waals surface area (Å²) in [5, 5.41) is 3.50. The highest BCUT2D eigenvalue weighted by molar-refractivity contribution is 5.34. The molecule has 2 aliphatic rings. The molecule has 1 atom stereocenters. The zero-order valence-electron chi connectivity index (χ0n) is 13.7. The molecule has 1 aromatic carbocycles. The summed E-state index contributed by atoms with van der Waals surface area (Å²) in [5.74, 6) is 1.63. The largest absolute Gasteiger partial charge is 0.317 e. The first-order chi connectivity index (χ1) is 10.2. The molecular formula is C19H30N2. The molecular weight excluding hydrogens is 256 g/mol. The number of aryl methyl sites for hydroxylation is 1. The standard InChI is InChI=1S/C19H30N2/c1-15-5-6-18(14-21-11-3-4-16(2)13-21)19(12-15)17-7-9-20-10-8-17/h5-6,12,16-17,20H,3-4,7-11,13-14H2,1-2H3. The summed E-state index contributed by atoms with van der Waals surface area (Å²) >= 11 is 0. The van der Waals surface area contributed by atoms with Crippen LogP contribution in [0, 0.1) is 12.8 Å². The molecule has 1 aromatic rings. The predicted octanol–water partition coefficient (Wildman–Crippen LogP) is 3.69. The van der Waals surface area contributed by atoms with E-state index >= 15 is 0 Å². The van der Waals surface area contributed by atoms with Crippen LogP contribution in [-0.2, 0) is 6.54 Å². The number of benzene rings is 1. The number of likely N-dealkylation sites (tertiary alicyclic amines) is 1. The summed E-state index contributed by atoms with van der Waals surface area (Å²) in [7, 11) is 0. The van der Waals surface area contributed by atoms with Crippen LogP contribution in [0.3, 0.4) is 0 Å². The minimum absolute atomic E-state index is 0.767. The van der Waals surface area contributed by atoms with Gasteiger partial charge in [0.15, 0.2) is 0 Å². The number of piperidine rings is 2.